The standard InChI is InChI=1S/C16H11Cl2N3O4/c17-12-6-5-10(7-13(12)18)20-14(22)15(23)21-19-8-9-3-1-2-4-11(9)16(24)25/h1-8H,(H,20,22)(H,21,23)(H,24,25)/b19-8-. The molecule has 2 aromatic rings. The minimum Gasteiger partial charge on any atom is -0.478 e. The molecule has 0 bridgehead atoms. The maximum atomic E-state index is 11.8. The van der Waals surface area contributed by atoms with E-state index in [-0.39, 0.29) is 21.8 Å². The molecular weight excluding hydrogens is 369 g/mol. The summed E-state index contributed by atoms with van der Waals surface area (Å²) in [7, 11) is 0. The number of carboxylic acid groups (broad SMARTS) is 1. The molecule has 0 fully saturated rings. The third kappa shape index (κ3) is 5.03. The first-order chi connectivity index (χ1) is 11.9. The number of hydrogen-bond acceptors (Lipinski definition) is 4. The summed E-state index contributed by atoms with van der Waals surface area (Å²) in [5.41, 5.74) is 2.59. The van der Waals surface area contributed by atoms with Crippen molar-refractivity contribution in [2.75, 3.05) is 5.32 Å². The molecule has 0 unspecified atom stereocenters. The molecule has 0 aliphatic carbocycles. The van der Waals surface area contributed by atoms with Gasteiger partial charge in [0, 0.05) is 11.3 Å². The number of benzene rings is 2. The highest BCUT2D eigenvalue weighted by atomic mass is 35.5. The van der Waals surface area contributed by atoms with Gasteiger partial charge in [-0.1, -0.05) is 41.4 Å². The monoisotopic (exact) mass is 379 g/mol. The van der Waals surface area contributed by atoms with Gasteiger partial charge in [-0.25, -0.2) is 10.2 Å². The first kappa shape index (κ1) is 18.4. The second kappa shape index (κ2) is 8.27. The molecule has 0 spiro atoms. The summed E-state index contributed by atoms with van der Waals surface area (Å²) in [5.74, 6) is -3.14. The fourth-order valence-electron chi connectivity index (χ4n) is 1.78. The van der Waals surface area contributed by atoms with Crippen molar-refractivity contribution < 1.29 is 19.5 Å². The number of hydrazone groups is 1. The summed E-state index contributed by atoms with van der Waals surface area (Å²) in [4.78, 5) is 34.5. The minimum absolute atomic E-state index is 0.0146. The molecule has 0 radical (unpaired) electrons. The molecule has 3 N–H and O–H groups in total. The second-order valence-corrected chi connectivity index (χ2v) is 5.49. The van der Waals surface area contributed by atoms with Gasteiger partial charge in [-0.05, 0) is 24.3 Å². The third-order valence-electron chi connectivity index (χ3n) is 2.94. The van der Waals surface area contributed by atoms with E-state index in [2.05, 4.69) is 10.4 Å². The number of anilines is 1. The van der Waals surface area contributed by atoms with E-state index in [0.29, 0.717) is 5.02 Å². The molecule has 7 nitrogen and oxygen atoms in total. The highest BCUT2D eigenvalue weighted by Crippen LogP contribution is 2.24. The fraction of sp³-hybridized carbons (Fsp3) is 0. The lowest BCUT2D eigenvalue weighted by molar-refractivity contribution is -0.136. The van der Waals surface area contributed by atoms with E-state index in [1.165, 1.54) is 30.3 Å². The highest BCUT2D eigenvalue weighted by molar-refractivity contribution is 6.43. The predicted octanol–water partition coefficient (Wildman–Crippen LogP) is 2.78. The predicted molar refractivity (Wildman–Crippen MR) is 94.2 cm³/mol. The summed E-state index contributed by atoms with van der Waals surface area (Å²) < 4.78 is 0. The summed E-state index contributed by atoms with van der Waals surface area (Å²) in [6.07, 6.45) is 1.13. The fourth-order valence-corrected chi connectivity index (χ4v) is 2.08. The van der Waals surface area contributed by atoms with Crippen molar-refractivity contribution in [2.24, 2.45) is 5.10 Å². The van der Waals surface area contributed by atoms with Crippen LogP contribution in [0.2, 0.25) is 10.0 Å². The van der Waals surface area contributed by atoms with E-state index in [0.717, 1.165) is 6.21 Å². The van der Waals surface area contributed by atoms with Crippen molar-refractivity contribution in [3.8, 4) is 0 Å². The Labute approximate surface area is 152 Å². The Hall–Kier alpha value is -2.90. The van der Waals surface area contributed by atoms with Gasteiger partial charge in [-0.3, -0.25) is 9.59 Å². The lowest BCUT2D eigenvalue weighted by atomic mass is 10.1. The summed E-state index contributed by atoms with van der Waals surface area (Å²) >= 11 is 11.6. The van der Waals surface area contributed by atoms with Crippen molar-refractivity contribution in [3.63, 3.8) is 0 Å². The molecule has 2 aromatic carbocycles. The van der Waals surface area contributed by atoms with Gasteiger partial charge in [0.25, 0.3) is 0 Å². The number of hydrogen-bond donors (Lipinski definition) is 3. The van der Waals surface area contributed by atoms with Gasteiger partial charge in [-0.2, -0.15) is 5.10 Å². The SMILES string of the molecule is O=C(N/N=C\c1ccccc1C(=O)O)C(=O)Nc1ccc(Cl)c(Cl)c1. The van der Waals surface area contributed by atoms with Gasteiger partial charge in [0.1, 0.15) is 0 Å². The van der Waals surface area contributed by atoms with Crippen LogP contribution in [-0.2, 0) is 9.59 Å². The zero-order chi connectivity index (χ0) is 18.4. The van der Waals surface area contributed by atoms with Crippen LogP contribution in [0.5, 0.6) is 0 Å². The van der Waals surface area contributed by atoms with Crippen molar-refractivity contribution >= 4 is 52.9 Å². The highest BCUT2D eigenvalue weighted by Gasteiger charge is 2.14. The van der Waals surface area contributed by atoms with Crippen molar-refractivity contribution in [1.82, 2.24) is 5.43 Å². The van der Waals surface area contributed by atoms with E-state index in [4.69, 9.17) is 28.3 Å². The van der Waals surface area contributed by atoms with Crippen LogP contribution >= 0.6 is 23.2 Å². The van der Waals surface area contributed by atoms with Gasteiger partial charge in [0.15, 0.2) is 0 Å². The molecule has 0 heterocycles. The van der Waals surface area contributed by atoms with E-state index < -0.39 is 17.8 Å². The molecule has 0 saturated carbocycles. The molecule has 0 aliphatic heterocycles. The second-order valence-electron chi connectivity index (χ2n) is 4.67. The Kier molecular flexibility index (Phi) is 6.10. The van der Waals surface area contributed by atoms with Gasteiger partial charge < -0.3 is 10.4 Å². The minimum atomic E-state index is -1.13. The van der Waals surface area contributed by atoms with Gasteiger partial charge >= 0.3 is 17.8 Å². The van der Waals surface area contributed by atoms with Crippen LogP contribution in [0, 0.1) is 0 Å². The van der Waals surface area contributed by atoms with Crippen LogP contribution in [0.25, 0.3) is 0 Å². The van der Waals surface area contributed by atoms with Crippen LogP contribution in [0.3, 0.4) is 0 Å². The maximum Gasteiger partial charge on any atom is 0.336 e. The number of halogens is 2. The quantitative estimate of drug-likeness (QED) is 0.431. The molecule has 0 aliphatic rings. The maximum absolute atomic E-state index is 11.8. The first-order valence-electron chi connectivity index (χ1n) is 6.80. The number of carbonyl (C=O) groups excluding carboxylic acids is 2. The molecular formula is C16H11Cl2N3O4. The van der Waals surface area contributed by atoms with Crippen LogP contribution in [0.15, 0.2) is 47.6 Å². The van der Waals surface area contributed by atoms with Gasteiger partial charge in [0.05, 0.1) is 21.8 Å². The molecule has 2 rings (SSSR count). The van der Waals surface area contributed by atoms with Crippen molar-refractivity contribution in [2.45, 2.75) is 0 Å². The average molecular weight is 380 g/mol. The van der Waals surface area contributed by atoms with Crippen LogP contribution in [0.1, 0.15) is 15.9 Å². The lowest BCUT2D eigenvalue weighted by Crippen LogP contribution is -2.32. The first-order valence-corrected chi connectivity index (χ1v) is 7.56. The number of nitrogens with one attached hydrogen (secondary N) is 2. The largest absolute Gasteiger partial charge is 0.478 e. The number of amides is 2. The number of carbonyl (C=O) groups is 3. The van der Waals surface area contributed by atoms with Crippen molar-refractivity contribution in [1.29, 1.82) is 0 Å². The van der Waals surface area contributed by atoms with Crippen LogP contribution in [-0.4, -0.2) is 29.1 Å². The molecule has 0 aromatic heterocycles. The number of rotatable bonds is 4. The normalized spacial score (nSPS) is 10.5. The molecule has 128 valence electrons. The third-order valence-corrected chi connectivity index (χ3v) is 3.68. The molecule has 0 saturated heterocycles. The Morgan fingerprint density at radius 3 is 2.40 bits per heavy atom. The van der Waals surface area contributed by atoms with Gasteiger partial charge in [-0.15, -0.1) is 0 Å². The Morgan fingerprint density at radius 2 is 1.72 bits per heavy atom. The summed E-state index contributed by atoms with van der Waals surface area (Å²) in [5, 5.41) is 15.5. The van der Waals surface area contributed by atoms with Crippen molar-refractivity contribution in [3.05, 3.63) is 63.6 Å². The van der Waals surface area contributed by atoms with E-state index >= 15 is 0 Å². The number of aromatic carboxylic acids is 1. The van der Waals surface area contributed by atoms with E-state index in [1.807, 2.05) is 5.43 Å². The van der Waals surface area contributed by atoms with Crippen LogP contribution < -0.4 is 10.7 Å². The smallest absolute Gasteiger partial charge is 0.336 e. The Bertz CT molecular complexity index is 868. The molecule has 0 atom stereocenters. The van der Waals surface area contributed by atoms with E-state index in [1.54, 1.807) is 12.1 Å². The zero-order valence-corrected chi connectivity index (χ0v) is 14.0. The average Bonchev–Trinajstić information content (AvgIpc) is 2.58. The zero-order valence-electron chi connectivity index (χ0n) is 12.5. The molecule has 2 amide bonds. The number of nitrogens with zero attached hydrogens (tertiary/aromatic N) is 1. The van der Waals surface area contributed by atoms with Crippen LogP contribution in [0.4, 0.5) is 5.69 Å². The molecule has 9 heteroatoms. The topological polar surface area (TPSA) is 108 Å². The Morgan fingerprint density at radius 1 is 1.00 bits per heavy atom. The Balaban J connectivity index is 1.99. The van der Waals surface area contributed by atoms with Gasteiger partial charge in [0.2, 0.25) is 0 Å². The number of carboxylic acids is 1. The molecule has 25 heavy (non-hydrogen) atoms. The summed E-state index contributed by atoms with van der Waals surface area (Å²) in [6.45, 7) is 0. The summed E-state index contributed by atoms with van der Waals surface area (Å²) in [6, 6.07) is 10.4. The van der Waals surface area contributed by atoms with E-state index in [9.17, 15) is 14.4 Å². The lowest BCUT2D eigenvalue weighted by Gasteiger charge is -2.05.